The first kappa shape index (κ1) is 15.4. The second-order valence-electron chi connectivity index (χ2n) is 4.79. The molecule has 0 aliphatic heterocycles. The molecule has 0 fully saturated rings. The van der Waals surface area contributed by atoms with Crippen molar-refractivity contribution in [2.75, 3.05) is 0 Å². The number of hydrogen-bond donors (Lipinski definition) is 1. The van der Waals surface area contributed by atoms with Crippen molar-refractivity contribution in [3.63, 3.8) is 0 Å². The van der Waals surface area contributed by atoms with Crippen LogP contribution in [0.3, 0.4) is 0 Å². The first-order valence-corrected chi connectivity index (χ1v) is 7.29. The Bertz CT molecular complexity index is 853. The van der Waals surface area contributed by atoms with Gasteiger partial charge >= 0.3 is 6.18 Å². The summed E-state index contributed by atoms with van der Waals surface area (Å²) in [5.74, 6) is -1.81. The number of carbonyl (C=O) groups is 1. The van der Waals surface area contributed by atoms with Crippen molar-refractivity contribution in [1.29, 1.82) is 0 Å². The van der Waals surface area contributed by atoms with Crippen molar-refractivity contribution >= 4 is 22.2 Å². The molecule has 1 aromatic carbocycles. The summed E-state index contributed by atoms with van der Waals surface area (Å²) >= 11 is 0.746. The highest BCUT2D eigenvalue weighted by Gasteiger charge is 2.38. The lowest BCUT2D eigenvalue weighted by molar-refractivity contribution is -0.146. The molecule has 1 amide bonds. The molecule has 1 N–H and O–H groups in total. The predicted octanol–water partition coefficient (Wildman–Crippen LogP) is 2.44. The number of rotatable bonds is 3. The average molecular weight is 341 g/mol. The topological polar surface area (TPSA) is 72.2 Å². The third kappa shape index (κ3) is 3.16. The van der Waals surface area contributed by atoms with Crippen molar-refractivity contribution in [3.8, 4) is 0 Å². The van der Waals surface area contributed by atoms with Gasteiger partial charge in [0.25, 0.3) is 11.7 Å². The van der Waals surface area contributed by atoms with Crippen LogP contribution in [0.25, 0.3) is 4.96 Å². The van der Waals surface area contributed by atoms with Gasteiger partial charge in [-0.25, -0.2) is 0 Å². The van der Waals surface area contributed by atoms with E-state index in [1.54, 1.807) is 0 Å². The lowest BCUT2D eigenvalue weighted by atomic mass is 10.1. The molecule has 3 aromatic rings. The summed E-state index contributed by atoms with van der Waals surface area (Å²) < 4.78 is 38.6. The Balaban J connectivity index is 1.76. The fourth-order valence-electron chi connectivity index (χ4n) is 1.85. The Hall–Kier alpha value is -2.49. The fraction of sp³-hybridized carbons (Fsp3) is 0.231. The molecule has 0 bridgehead atoms. The molecule has 0 aliphatic carbocycles. The molecule has 0 radical (unpaired) electrons. The Morgan fingerprint density at radius 1 is 1.26 bits per heavy atom. The Morgan fingerprint density at radius 3 is 2.61 bits per heavy atom. The van der Waals surface area contributed by atoms with E-state index in [0.717, 1.165) is 22.5 Å². The molecule has 6 nitrogen and oxygen atoms in total. The van der Waals surface area contributed by atoms with E-state index in [9.17, 15) is 18.0 Å². The Kier molecular flexibility index (Phi) is 3.76. The number of halogens is 3. The Labute approximate surface area is 132 Å². The number of nitrogens with one attached hydrogen (secondary N) is 1. The number of hydrogen-bond acceptors (Lipinski definition) is 5. The van der Waals surface area contributed by atoms with Crippen molar-refractivity contribution in [2.24, 2.45) is 0 Å². The average Bonchev–Trinajstić information content (AvgIpc) is 3.05. The maximum Gasteiger partial charge on any atom is 0.453 e. The lowest BCUT2D eigenvalue weighted by Crippen LogP contribution is -2.23. The number of aryl methyl sites for hydroxylation is 1. The maximum atomic E-state index is 12.7. The molecular formula is C13H10F3N5OS. The number of aromatic nitrogens is 4. The molecule has 23 heavy (non-hydrogen) atoms. The molecule has 0 saturated carbocycles. The minimum atomic E-state index is -4.68. The first-order chi connectivity index (χ1) is 10.8. The molecule has 0 spiro atoms. The van der Waals surface area contributed by atoms with Crippen LogP contribution in [0.15, 0.2) is 24.3 Å². The van der Waals surface area contributed by atoms with E-state index in [4.69, 9.17) is 0 Å². The number of benzene rings is 1. The molecule has 0 unspecified atom stereocenters. The van der Waals surface area contributed by atoms with Crippen LogP contribution >= 0.6 is 11.3 Å². The van der Waals surface area contributed by atoms with Gasteiger partial charge in [-0.15, -0.1) is 15.3 Å². The molecule has 0 atom stereocenters. The summed E-state index contributed by atoms with van der Waals surface area (Å²) in [6, 6.07) is 7.52. The van der Waals surface area contributed by atoms with E-state index in [2.05, 4.69) is 20.6 Å². The van der Waals surface area contributed by atoms with Gasteiger partial charge in [-0.05, 0) is 12.5 Å². The summed E-state index contributed by atoms with van der Waals surface area (Å²) in [5.41, 5.74) is 1.97. The molecule has 2 heterocycles. The molecule has 2 aromatic heterocycles. The molecule has 0 saturated heterocycles. The zero-order valence-electron chi connectivity index (χ0n) is 11.8. The Morgan fingerprint density at radius 2 is 1.96 bits per heavy atom. The van der Waals surface area contributed by atoms with E-state index in [1.165, 1.54) is 0 Å². The third-order valence-corrected chi connectivity index (χ3v) is 3.91. The quantitative estimate of drug-likeness (QED) is 0.794. The van der Waals surface area contributed by atoms with Crippen LogP contribution in [-0.4, -0.2) is 25.7 Å². The van der Waals surface area contributed by atoms with Crippen LogP contribution in [0.5, 0.6) is 0 Å². The monoisotopic (exact) mass is 341 g/mol. The van der Waals surface area contributed by atoms with Gasteiger partial charge in [-0.2, -0.15) is 17.7 Å². The summed E-state index contributed by atoms with van der Waals surface area (Å²) in [5, 5.41) is 12.6. The van der Waals surface area contributed by atoms with Crippen LogP contribution in [0.2, 0.25) is 0 Å². The second kappa shape index (κ2) is 5.61. The van der Waals surface area contributed by atoms with E-state index in [1.807, 2.05) is 31.2 Å². The molecule has 10 heteroatoms. The highest BCUT2D eigenvalue weighted by atomic mass is 32.1. The zero-order valence-corrected chi connectivity index (χ0v) is 12.6. The summed E-state index contributed by atoms with van der Waals surface area (Å²) in [6.45, 7) is 2.20. The lowest BCUT2D eigenvalue weighted by Gasteiger charge is -2.03. The number of nitrogens with zero attached hydrogens (tertiary/aromatic N) is 4. The predicted molar refractivity (Wildman–Crippen MR) is 76.0 cm³/mol. The minimum Gasteiger partial charge on any atom is -0.346 e. The van der Waals surface area contributed by atoms with Gasteiger partial charge in [0, 0.05) is 6.54 Å². The van der Waals surface area contributed by atoms with E-state index >= 15 is 0 Å². The smallest absolute Gasteiger partial charge is 0.346 e. The van der Waals surface area contributed by atoms with Crippen molar-refractivity contribution < 1.29 is 18.0 Å². The number of alkyl halides is 3. The number of carbonyl (C=O) groups excluding carboxylic acids is 1. The van der Waals surface area contributed by atoms with Crippen LogP contribution in [0.1, 0.15) is 26.8 Å². The fourth-order valence-corrected chi connectivity index (χ4v) is 2.61. The van der Waals surface area contributed by atoms with Crippen molar-refractivity contribution in [1.82, 2.24) is 25.1 Å². The molecular weight excluding hydrogens is 331 g/mol. The minimum absolute atomic E-state index is 0.0854. The molecule has 0 aliphatic rings. The van der Waals surface area contributed by atoms with E-state index < -0.39 is 17.9 Å². The standard InChI is InChI=1S/C13H10F3N5OS/c1-7-2-4-8(5-3-7)6-17-9(22)10-20-21-11(13(14,15)16)18-19-12(21)23-10/h2-5H,6H2,1H3,(H,17,22). The van der Waals surface area contributed by atoms with Gasteiger partial charge in [0.1, 0.15) is 0 Å². The molecule has 120 valence electrons. The normalized spacial score (nSPS) is 11.8. The van der Waals surface area contributed by atoms with Gasteiger partial charge in [-0.1, -0.05) is 41.2 Å². The first-order valence-electron chi connectivity index (χ1n) is 6.48. The van der Waals surface area contributed by atoms with Gasteiger partial charge < -0.3 is 5.32 Å². The maximum absolute atomic E-state index is 12.7. The van der Waals surface area contributed by atoms with Crippen LogP contribution < -0.4 is 5.32 Å². The summed E-state index contributed by atoms with van der Waals surface area (Å²) in [6.07, 6.45) is -4.68. The van der Waals surface area contributed by atoms with Gasteiger partial charge in [0.15, 0.2) is 0 Å². The van der Waals surface area contributed by atoms with Gasteiger partial charge in [-0.3, -0.25) is 4.79 Å². The van der Waals surface area contributed by atoms with E-state index in [0.29, 0.717) is 4.52 Å². The SMILES string of the molecule is Cc1ccc(CNC(=O)c2nn3c(C(F)(F)F)nnc3s2)cc1. The van der Waals surface area contributed by atoms with Crippen molar-refractivity contribution in [3.05, 3.63) is 46.2 Å². The molecule has 3 rings (SSSR count). The second-order valence-corrected chi connectivity index (χ2v) is 5.75. The van der Waals surface area contributed by atoms with Crippen molar-refractivity contribution in [2.45, 2.75) is 19.6 Å². The summed E-state index contributed by atoms with van der Waals surface area (Å²) in [4.78, 5) is 11.9. The van der Waals surface area contributed by atoms with Crippen LogP contribution in [0.4, 0.5) is 13.2 Å². The highest BCUT2D eigenvalue weighted by Crippen LogP contribution is 2.28. The van der Waals surface area contributed by atoms with Crippen LogP contribution in [0, 0.1) is 6.92 Å². The van der Waals surface area contributed by atoms with Gasteiger partial charge in [0.2, 0.25) is 9.97 Å². The van der Waals surface area contributed by atoms with Gasteiger partial charge in [0.05, 0.1) is 0 Å². The summed E-state index contributed by atoms with van der Waals surface area (Å²) in [7, 11) is 0. The zero-order chi connectivity index (χ0) is 16.6. The number of fused-ring (bicyclic) bond motifs is 1. The largest absolute Gasteiger partial charge is 0.453 e. The third-order valence-electron chi connectivity index (χ3n) is 3.01. The number of amides is 1. The van der Waals surface area contributed by atoms with E-state index in [-0.39, 0.29) is 16.5 Å². The highest BCUT2D eigenvalue weighted by molar-refractivity contribution is 7.18. The van der Waals surface area contributed by atoms with Crippen LogP contribution in [-0.2, 0) is 12.7 Å².